The lowest BCUT2D eigenvalue weighted by atomic mass is 9.83. The van der Waals surface area contributed by atoms with Crippen LogP contribution in [0, 0.1) is 12.8 Å². The van der Waals surface area contributed by atoms with Gasteiger partial charge in [0.15, 0.2) is 10.8 Å². The highest BCUT2D eigenvalue weighted by Crippen LogP contribution is 2.37. The summed E-state index contributed by atoms with van der Waals surface area (Å²) in [7, 11) is 0. The highest BCUT2D eigenvalue weighted by atomic mass is 32.2. The van der Waals surface area contributed by atoms with E-state index in [2.05, 4.69) is 5.10 Å². The largest absolute Gasteiger partial charge is 0.342 e. The van der Waals surface area contributed by atoms with Gasteiger partial charge >= 0.3 is 0 Å². The molecule has 3 atom stereocenters. The molecule has 6 heterocycles. The van der Waals surface area contributed by atoms with Gasteiger partial charge in [0.2, 0.25) is 5.91 Å². The van der Waals surface area contributed by atoms with Crippen LogP contribution in [0.5, 0.6) is 0 Å². The lowest BCUT2D eigenvalue weighted by Crippen LogP contribution is -2.49. The molecule has 3 aliphatic heterocycles. The number of rotatable bonds is 3. The van der Waals surface area contributed by atoms with Gasteiger partial charge in [-0.1, -0.05) is 36.0 Å². The number of hydrogen-bond donors (Lipinski definition) is 0. The molecule has 1 amide bonds. The Labute approximate surface area is 216 Å². The second kappa shape index (κ2) is 8.44. The van der Waals surface area contributed by atoms with Gasteiger partial charge in [-0.2, -0.15) is 5.10 Å². The molecule has 3 unspecified atom stereocenters. The number of carbonyl (C=O) groups is 1. The molecule has 7 rings (SSSR count). The Bertz CT molecular complexity index is 1690. The van der Waals surface area contributed by atoms with Gasteiger partial charge in [-0.3, -0.25) is 19.0 Å². The molecular formula is C27H26N6O3S. The van der Waals surface area contributed by atoms with Gasteiger partial charge in [-0.15, -0.1) is 0 Å². The Morgan fingerprint density at radius 3 is 2.81 bits per heavy atom. The number of fused-ring (bicyclic) bond motifs is 6. The maximum Gasteiger partial charge on any atom is 0.265 e. The molecule has 1 aromatic carbocycles. The number of nitrogens with zero attached hydrogens (tertiary/aromatic N) is 6. The molecule has 188 valence electrons. The first-order valence-corrected chi connectivity index (χ1v) is 13.6. The van der Waals surface area contributed by atoms with Gasteiger partial charge in [0.1, 0.15) is 5.39 Å². The van der Waals surface area contributed by atoms with E-state index in [9.17, 15) is 14.4 Å². The summed E-state index contributed by atoms with van der Waals surface area (Å²) in [5, 5.41) is 5.57. The zero-order valence-corrected chi connectivity index (χ0v) is 21.2. The number of para-hydroxylation sites is 1. The Morgan fingerprint density at radius 2 is 1.95 bits per heavy atom. The Balaban J connectivity index is 1.16. The second-order valence-electron chi connectivity index (χ2n) is 10.3. The summed E-state index contributed by atoms with van der Waals surface area (Å²) in [6, 6.07) is 13.1. The van der Waals surface area contributed by atoms with Crippen molar-refractivity contribution in [2.24, 2.45) is 5.92 Å². The molecule has 0 radical (unpaired) electrons. The summed E-state index contributed by atoms with van der Waals surface area (Å²) in [5.74, 6) is 1.14. The molecular weight excluding hydrogens is 488 g/mol. The number of carbonyl (C=O) groups excluding carboxylic acids is 1. The summed E-state index contributed by atoms with van der Waals surface area (Å²) in [4.78, 5) is 46.1. The SMILES string of the molecule is Cc1ccccc1-n1ncc2c(=O)n3c(nc21)SCC3CC(=O)N1CC2CC(C1)c1cccc(=O)n1C2. The minimum atomic E-state index is -0.240. The highest BCUT2D eigenvalue weighted by Gasteiger charge is 2.38. The van der Waals surface area contributed by atoms with Crippen molar-refractivity contribution in [1.29, 1.82) is 0 Å². The summed E-state index contributed by atoms with van der Waals surface area (Å²) in [5.41, 5.74) is 3.40. The number of hydrogen-bond acceptors (Lipinski definition) is 6. The van der Waals surface area contributed by atoms with Gasteiger partial charge in [0, 0.05) is 49.5 Å². The fourth-order valence-corrected chi connectivity index (χ4v) is 7.32. The maximum absolute atomic E-state index is 13.5. The molecule has 37 heavy (non-hydrogen) atoms. The van der Waals surface area contributed by atoms with Crippen LogP contribution in [-0.2, 0) is 11.3 Å². The third-order valence-electron chi connectivity index (χ3n) is 7.96. The van der Waals surface area contributed by atoms with Crippen molar-refractivity contribution < 1.29 is 4.79 Å². The Kier molecular flexibility index (Phi) is 5.14. The van der Waals surface area contributed by atoms with E-state index in [1.54, 1.807) is 21.5 Å². The zero-order chi connectivity index (χ0) is 25.3. The van der Waals surface area contributed by atoms with Gasteiger partial charge < -0.3 is 9.47 Å². The predicted octanol–water partition coefficient (Wildman–Crippen LogP) is 2.74. The van der Waals surface area contributed by atoms with Crippen molar-refractivity contribution in [2.75, 3.05) is 18.8 Å². The van der Waals surface area contributed by atoms with E-state index in [4.69, 9.17) is 4.98 Å². The number of benzene rings is 1. The summed E-state index contributed by atoms with van der Waals surface area (Å²) < 4.78 is 5.29. The quantitative estimate of drug-likeness (QED) is 0.390. The first-order valence-electron chi connectivity index (χ1n) is 12.6. The van der Waals surface area contributed by atoms with Crippen LogP contribution in [0.1, 0.15) is 36.1 Å². The molecule has 2 bridgehead atoms. The van der Waals surface area contributed by atoms with Crippen LogP contribution in [0.2, 0.25) is 0 Å². The third-order valence-corrected chi connectivity index (χ3v) is 9.05. The van der Waals surface area contributed by atoms with Crippen molar-refractivity contribution >= 4 is 28.7 Å². The molecule has 0 saturated carbocycles. The molecule has 0 spiro atoms. The topological polar surface area (TPSA) is 95.0 Å². The number of thioether (sulfide) groups is 1. The Morgan fingerprint density at radius 1 is 1.08 bits per heavy atom. The fraction of sp³-hybridized carbons (Fsp3) is 0.370. The van der Waals surface area contributed by atoms with E-state index in [1.165, 1.54) is 11.8 Å². The third kappa shape index (κ3) is 3.57. The fourth-order valence-electron chi connectivity index (χ4n) is 6.19. The van der Waals surface area contributed by atoms with E-state index in [1.807, 2.05) is 52.8 Å². The van der Waals surface area contributed by atoms with Crippen molar-refractivity contribution in [3.8, 4) is 5.69 Å². The van der Waals surface area contributed by atoms with Crippen molar-refractivity contribution in [1.82, 2.24) is 28.8 Å². The normalized spacial score (nSPS) is 22.2. The van der Waals surface area contributed by atoms with Gasteiger partial charge in [0.25, 0.3) is 11.1 Å². The number of aryl methyl sites for hydroxylation is 1. The number of piperidine rings is 1. The van der Waals surface area contributed by atoms with Crippen LogP contribution in [0.15, 0.2) is 63.4 Å². The monoisotopic (exact) mass is 514 g/mol. The van der Waals surface area contributed by atoms with Crippen molar-refractivity contribution in [2.45, 2.75) is 43.4 Å². The molecule has 4 aromatic rings. The smallest absolute Gasteiger partial charge is 0.265 e. The van der Waals surface area contributed by atoms with Crippen molar-refractivity contribution in [3.63, 3.8) is 0 Å². The Hall–Kier alpha value is -3.66. The number of amides is 1. The van der Waals surface area contributed by atoms with Crippen LogP contribution in [0.3, 0.4) is 0 Å². The molecule has 1 saturated heterocycles. The molecule has 3 aromatic heterocycles. The molecule has 0 aliphatic carbocycles. The molecule has 1 fully saturated rings. The predicted molar refractivity (Wildman–Crippen MR) is 140 cm³/mol. The number of aromatic nitrogens is 5. The van der Waals surface area contributed by atoms with Gasteiger partial charge in [0.05, 0.1) is 17.9 Å². The summed E-state index contributed by atoms with van der Waals surface area (Å²) in [6.07, 6.45) is 2.85. The van der Waals surface area contributed by atoms with E-state index < -0.39 is 0 Å². The summed E-state index contributed by atoms with van der Waals surface area (Å²) in [6.45, 7) is 3.92. The van der Waals surface area contributed by atoms with E-state index >= 15 is 0 Å². The van der Waals surface area contributed by atoms with Crippen LogP contribution >= 0.6 is 11.8 Å². The first-order chi connectivity index (χ1) is 18.0. The molecule has 10 heteroatoms. The summed E-state index contributed by atoms with van der Waals surface area (Å²) >= 11 is 1.52. The first kappa shape index (κ1) is 22.5. The van der Waals surface area contributed by atoms with Gasteiger partial charge in [-0.05, 0) is 37.0 Å². The highest BCUT2D eigenvalue weighted by molar-refractivity contribution is 7.99. The average molecular weight is 515 g/mol. The minimum Gasteiger partial charge on any atom is -0.342 e. The van der Waals surface area contributed by atoms with Crippen molar-refractivity contribution in [3.05, 3.63) is 80.6 Å². The zero-order valence-electron chi connectivity index (χ0n) is 20.4. The molecule has 0 N–H and O–H groups in total. The number of pyridine rings is 1. The van der Waals surface area contributed by atoms with E-state index in [-0.39, 0.29) is 41.3 Å². The van der Waals surface area contributed by atoms with Crippen LogP contribution in [-0.4, -0.2) is 53.5 Å². The van der Waals surface area contributed by atoms with E-state index in [0.717, 1.165) is 23.4 Å². The van der Waals surface area contributed by atoms with Gasteiger partial charge in [-0.25, -0.2) is 9.67 Å². The van der Waals surface area contributed by atoms with Crippen LogP contribution in [0.4, 0.5) is 0 Å². The average Bonchev–Trinajstić information content (AvgIpc) is 3.50. The molecule has 3 aliphatic rings. The van der Waals surface area contributed by atoms with Crippen LogP contribution < -0.4 is 11.1 Å². The maximum atomic E-state index is 13.5. The second-order valence-corrected chi connectivity index (χ2v) is 11.3. The number of likely N-dealkylation sites (tertiary alicyclic amines) is 1. The van der Waals surface area contributed by atoms with Crippen LogP contribution in [0.25, 0.3) is 16.7 Å². The lowest BCUT2D eigenvalue weighted by Gasteiger charge is -2.43. The van der Waals surface area contributed by atoms with E-state index in [0.29, 0.717) is 41.6 Å². The minimum absolute atomic E-state index is 0.0375. The lowest BCUT2D eigenvalue weighted by molar-refractivity contribution is -0.134. The molecule has 9 nitrogen and oxygen atoms in total. The standard InChI is InChI=1S/C27H26N6O3S/c1-16-5-2-3-6-21(16)33-25-20(11-28-33)26(36)32-19(15-37-27(32)29-25)10-24(35)30-12-17-9-18(14-30)22-7-4-8-23(34)31(22)13-17/h2-8,11,17-19H,9-10,12-15H2,1H3.